The van der Waals surface area contributed by atoms with Crippen LogP contribution in [0, 0.1) is 5.82 Å². The number of phenolic OH excluding ortho intramolecular Hbond substituents is 2. The van der Waals surface area contributed by atoms with E-state index in [0.717, 1.165) is 42.1 Å². The molecule has 1 saturated heterocycles. The van der Waals surface area contributed by atoms with Gasteiger partial charge in [0.15, 0.2) is 5.17 Å². The molecule has 146 valence electrons. The number of phenols is 2. The Labute approximate surface area is 164 Å². The summed E-state index contributed by atoms with van der Waals surface area (Å²) in [5.41, 5.74) is 0.285. The van der Waals surface area contributed by atoms with Gasteiger partial charge >= 0.3 is 0 Å². The molecule has 1 fully saturated rings. The zero-order valence-electron chi connectivity index (χ0n) is 14.5. The number of amides is 1. The number of hydrogen-bond donors (Lipinski definition) is 2. The van der Waals surface area contributed by atoms with Crippen LogP contribution >= 0.6 is 11.8 Å². The van der Waals surface area contributed by atoms with Crippen LogP contribution in [0.5, 0.6) is 11.5 Å². The lowest BCUT2D eigenvalue weighted by molar-refractivity contribution is -0.122. The summed E-state index contributed by atoms with van der Waals surface area (Å²) >= 11 is 0.845. The molecule has 0 aliphatic carbocycles. The number of halogens is 1. The van der Waals surface area contributed by atoms with E-state index in [4.69, 9.17) is 0 Å². The number of carbonyl (C=O) groups excluding carboxylic acids is 1. The van der Waals surface area contributed by atoms with Crippen molar-refractivity contribution in [2.75, 3.05) is 6.54 Å². The van der Waals surface area contributed by atoms with E-state index in [0.29, 0.717) is 0 Å². The van der Waals surface area contributed by atoms with E-state index in [1.54, 1.807) is 6.92 Å². The average Bonchev–Trinajstić information content (AvgIpc) is 2.91. The molecule has 7 nitrogen and oxygen atoms in total. The van der Waals surface area contributed by atoms with Crippen molar-refractivity contribution in [1.82, 2.24) is 4.90 Å². The lowest BCUT2D eigenvalue weighted by Crippen LogP contribution is -2.29. The molecule has 0 saturated carbocycles. The quantitative estimate of drug-likeness (QED) is 0.734. The van der Waals surface area contributed by atoms with Crippen LogP contribution in [0.1, 0.15) is 12.5 Å². The smallest absolute Gasteiger partial charge is 0.284 e. The Morgan fingerprint density at radius 3 is 2.46 bits per heavy atom. The lowest BCUT2D eigenvalue weighted by Gasteiger charge is -2.11. The third-order valence-corrected chi connectivity index (χ3v) is 6.22. The van der Waals surface area contributed by atoms with Gasteiger partial charge in [-0.2, -0.15) is 8.42 Å². The van der Waals surface area contributed by atoms with E-state index in [1.165, 1.54) is 23.1 Å². The van der Waals surface area contributed by atoms with E-state index in [1.807, 2.05) is 0 Å². The Hall–Kier alpha value is -2.85. The largest absolute Gasteiger partial charge is 0.508 e. The first-order valence-electron chi connectivity index (χ1n) is 8.05. The molecule has 0 radical (unpaired) electrons. The minimum absolute atomic E-state index is 0.0404. The maximum absolute atomic E-state index is 13.0. The summed E-state index contributed by atoms with van der Waals surface area (Å²) in [5, 5.41) is 19.2. The van der Waals surface area contributed by atoms with E-state index in [-0.39, 0.29) is 38.6 Å². The van der Waals surface area contributed by atoms with Crippen LogP contribution in [-0.2, 0) is 14.8 Å². The molecule has 0 bridgehead atoms. The van der Waals surface area contributed by atoms with E-state index >= 15 is 0 Å². The van der Waals surface area contributed by atoms with Crippen LogP contribution in [0.4, 0.5) is 4.39 Å². The molecule has 3 rings (SSSR count). The Kier molecular flexibility index (Phi) is 5.43. The predicted octanol–water partition coefficient (Wildman–Crippen LogP) is 2.92. The second kappa shape index (κ2) is 7.64. The van der Waals surface area contributed by atoms with Crippen molar-refractivity contribution in [2.24, 2.45) is 4.40 Å². The first-order chi connectivity index (χ1) is 13.2. The summed E-state index contributed by atoms with van der Waals surface area (Å²) in [4.78, 5) is 13.7. The number of benzene rings is 2. The highest BCUT2D eigenvalue weighted by Gasteiger charge is 2.34. The standard InChI is InChI=1S/C18H15FN2O5S2/c1-2-21-17(24)16(9-11-3-6-13(22)10-15(11)23)27-18(21)20-28(25,26)14-7-4-12(19)5-8-14/h3-10,22-23H,2H2,1H3/b16-9-,20-18+. The van der Waals surface area contributed by atoms with Crippen LogP contribution < -0.4 is 0 Å². The van der Waals surface area contributed by atoms with Gasteiger partial charge in [0, 0.05) is 18.2 Å². The number of amidine groups is 1. The summed E-state index contributed by atoms with van der Waals surface area (Å²) in [7, 11) is -4.14. The molecule has 2 aromatic carbocycles. The van der Waals surface area contributed by atoms with Crippen molar-refractivity contribution in [3.8, 4) is 11.5 Å². The Morgan fingerprint density at radius 1 is 1.18 bits per heavy atom. The lowest BCUT2D eigenvalue weighted by atomic mass is 10.1. The normalized spacial score (nSPS) is 17.6. The topological polar surface area (TPSA) is 107 Å². The zero-order chi connectivity index (χ0) is 20.5. The molecule has 2 aromatic rings. The van der Waals surface area contributed by atoms with Gasteiger partial charge in [0.1, 0.15) is 17.3 Å². The van der Waals surface area contributed by atoms with Gasteiger partial charge < -0.3 is 10.2 Å². The molecule has 1 aliphatic rings. The summed E-state index contributed by atoms with van der Waals surface area (Å²) in [6.45, 7) is 1.85. The molecule has 0 unspecified atom stereocenters. The first kappa shape index (κ1) is 19.9. The summed E-state index contributed by atoms with van der Waals surface area (Å²) in [5.74, 6) is -1.40. The predicted molar refractivity (Wildman–Crippen MR) is 104 cm³/mol. The molecule has 0 aromatic heterocycles. The number of rotatable bonds is 4. The van der Waals surface area contributed by atoms with Gasteiger partial charge in [-0.3, -0.25) is 9.69 Å². The van der Waals surface area contributed by atoms with Crippen LogP contribution in [0.2, 0.25) is 0 Å². The fraction of sp³-hybridized carbons (Fsp3) is 0.111. The minimum Gasteiger partial charge on any atom is -0.508 e. The van der Waals surface area contributed by atoms with Crippen LogP contribution in [0.25, 0.3) is 6.08 Å². The Balaban J connectivity index is 1.98. The number of aromatic hydroxyl groups is 2. The number of carbonyl (C=O) groups is 1. The molecule has 10 heteroatoms. The Bertz CT molecular complexity index is 1100. The van der Waals surface area contributed by atoms with Gasteiger partial charge in [-0.1, -0.05) is 0 Å². The van der Waals surface area contributed by atoms with Crippen molar-refractivity contribution in [3.05, 3.63) is 58.8 Å². The van der Waals surface area contributed by atoms with Crippen molar-refractivity contribution < 1.29 is 27.8 Å². The van der Waals surface area contributed by atoms with E-state index in [9.17, 15) is 27.8 Å². The van der Waals surface area contributed by atoms with Gasteiger partial charge in [-0.15, -0.1) is 4.40 Å². The maximum atomic E-state index is 13.0. The maximum Gasteiger partial charge on any atom is 0.284 e. The van der Waals surface area contributed by atoms with Gasteiger partial charge in [0.2, 0.25) is 0 Å². The first-order valence-corrected chi connectivity index (χ1v) is 10.3. The van der Waals surface area contributed by atoms with Gasteiger partial charge in [-0.05, 0) is 61.2 Å². The SMILES string of the molecule is CCN1C(=O)/C(=C/c2ccc(O)cc2O)S/C1=N/S(=O)(=O)c1ccc(F)cc1. The summed E-state index contributed by atoms with van der Waals surface area (Å²) in [6.07, 6.45) is 1.39. The number of nitrogens with zero attached hydrogens (tertiary/aromatic N) is 2. The molecule has 28 heavy (non-hydrogen) atoms. The fourth-order valence-electron chi connectivity index (χ4n) is 2.41. The average molecular weight is 422 g/mol. The minimum atomic E-state index is -4.14. The van der Waals surface area contributed by atoms with E-state index in [2.05, 4.69) is 4.40 Å². The molecular formula is C18H15FN2O5S2. The highest BCUT2D eigenvalue weighted by Crippen LogP contribution is 2.35. The van der Waals surface area contributed by atoms with Crippen LogP contribution in [0.3, 0.4) is 0 Å². The summed E-state index contributed by atoms with van der Waals surface area (Å²) in [6, 6.07) is 8.11. The molecule has 2 N–H and O–H groups in total. The number of hydrogen-bond acceptors (Lipinski definition) is 6. The second-order valence-corrected chi connectivity index (χ2v) is 8.32. The highest BCUT2D eigenvalue weighted by molar-refractivity contribution is 8.19. The molecule has 0 atom stereocenters. The molecule has 1 amide bonds. The van der Waals surface area contributed by atoms with Gasteiger partial charge in [0.05, 0.1) is 9.80 Å². The third kappa shape index (κ3) is 4.02. The number of sulfonamides is 1. The van der Waals surface area contributed by atoms with Crippen LogP contribution in [0.15, 0.2) is 56.7 Å². The van der Waals surface area contributed by atoms with Crippen molar-refractivity contribution in [3.63, 3.8) is 0 Å². The van der Waals surface area contributed by atoms with Crippen LogP contribution in [-0.4, -0.2) is 41.2 Å². The fourth-order valence-corrected chi connectivity index (χ4v) is 4.65. The second-order valence-electron chi connectivity index (χ2n) is 5.71. The molecule has 1 heterocycles. The monoisotopic (exact) mass is 422 g/mol. The third-order valence-electron chi connectivity index (χ3n) is 3.81. The van der Waals surface area contributed by atoms with Gasteiger partial charge in [0.25, 0.3) is 15.9 Å². The molecule has 0 spiro atoms. The molecule has 1 aliphatic heterocycles. The van der Waals surface area contributed by atoms with Crippen molar-refractivity contribution in [2.45, 2.75) is 11.8 Å². The van der Waals surface area contributed by atoms with Crippen molar-refractivity contribution >= 4 is 38.9 Å². The van der Waals surface area contributed by atoms with E-state index < -0.39 is 21.7 Å². The van der Waals surface area contributed by atoms with Gasteiger partial charge in [-0.25, -0.2) is 4.39 Å². The number of likely N-dealkylation sites (N-methyl/N-ethyl adjacent to an activating group) is 1. The molecular weight excluding hydrogens is 407 g/mol. The zero-order valence-corrected chi connectivity index (χ0v) is 16.2. The number of thioether (sulfide) groups is 1. The van der Waals surface area contributed by atoms with Crippen molar-refractivity contribution in [1.29, 1.82) is 0 Å². The highest BCUT2D eigenvalue weighted by atomic mass is 32.2. The summed E-state index contributed by atoms with van der Waals surface area (Å²) < 4.78 is 41.7. The Morgan fingerprint density at radius 2 is 1.86 bits per heavy atom.